The molecule has 0 bridgehead atoms. The van der Waals surface area contributed by atoms with Gasteiger partial charge in [-0.1, -0.05) is 6.07 Å². The third kappa shape index (κ3) is 8.60. The van der Waals surface area contributed by atoms with Crippen molar-refractivity contribution in [1.29, 1.82) is 0 Å². The molecule has 0 saturated heterocycles. The summed E-state index contributed by atoms with van der Waals surface area (Å²) in [5, 5.41) is 7.38. The van der Waals surface area contributed by atoms with Crippen LogP contribution in [0.5, 0.6) is 5.88 Å². The van der Waals surface area contributed by atoms with Crippen molar-refractivity contribution < 1.29 is 14.3 Å². The van der Waals surface area contributed by atoms with Crippen LogP contribution in [-0.2, 0) is 11.3 Å². The Balaban J connectivity index is 0.00000480. The summed E-state index contributed by atoms with van der Waals surface area (Å²) < 4.78 is 10.7. The van der Waals surface area contributed by atoms with Gasteiger partial charge in [-0.2, -0.15) is 0 Å². The molecule has 1 unspecified atom stereocenters. The van der Waals surface area contributed by atoms with Crippen molar-refractivity contribution in [2.45, 2.75) is 60.2 Å². The molecular formula is C21H32IN5O3S. The van der Waals surface area contributed by atoms with Crippen molar-refractivity contribution in [3.63, 3.8) is 0 Å². The minimum Gasteiger partial charge on any atom is -0.475 e. The minimum atomic E-state index is -0.330. The third-order valence-corrected chi connectivity index (χ3v) is 5.24. The number of esters is 1. The molecule has 0 radical (unpaired) electrons. The Bertz CT molecular complexity index is 855. The molecule has 172 valence electrons. The summed E-state index contributed by atoms with van der Waals surface area (Å²) in [6.45, 7) is 13.1. The summed E-state index contributed by atoms with van der Waals surface area (Å²) in [6.07, 6.45) is 1.86. The number of pyridine rings is 1. The van der Waals surface area contributed by atoms with Crippen LogP contribution in [0.2, 0.25) is 0 Å². The Morgan fingerprint density at radius 2 is 2.00 bits per heavy atom. The number of carbonyl (C=O) groups excluding carboxylic acids is 1. The number of hydrogen-bond donors (Lipinski definition) is 2. The van der Waals surface area contributed by atoms with E-state index < -0.39 is 0 Å². The van der Waals surface area contributed by atoms with Crippen LogP contribution in [0.1, 0.15) is 66.6 Å². The van der Waals surface area contributed by atoms with E-state index in [1.807, 2.05) is 46.8 Å². The summed E-state index contributed by atoms with van der Waals surface area (Å²) in [5.41, 5.74) is 1.66. The van der Waals surface area contributed by atoms with Gasteiger partial charge in [0.2, 0.25) is 5.88 Å². The zero-order valence-electron chi connectivity index (χ0n) is 18.9. The second-order valence-electron chi connectivity index (χ2n) is 6.92. The summed E-state index contributed by atoms with van der Waals surface area (Å²) in [7, 11) is 0. The van der Waals surface area contributed by atoms with Crippen LogP contribution >= 0.6 is 35.3 Å². The number of aromatic nitrogens is 2. The number of nitrogens with one attached hydrogen (secondary N) is 2. The van der Waals surface area contributed by atoms with E-state index in [0.717, 1.165) is 17.1 Å². The fourth-order valence-corrected chi connectivity index (χ4v) is 3.52. The zero-order chi connectivity index (χ0) is 22.1. The Morgan fingerprint density at radius 3 is 2.58 bits per heavy atom. The summed E-state index contributed by atoms with van der Waals surface area (Å²) >= 11 is 1.34. The fourth-order valence-electron chi connectivity index (χ4n) is 2.56. The normalized spacial score (nSPS) is 12.2. The first-order valence-electron chi connectivity index (χ1n) is 10.1. The van der Waals surface area contributed by atoms with Crippen molar-refractivity contribution >= 4 is 47.2 Å². The van der Waals surface area contributed by atoms with E-state index in [2.05, 4.69) is 25.6 Å². The van der Waals surface area contributed by atoms with Crippen molar-refractivity contribution in [2.24, 2.45) is 4.99 Å². The standard InChI is InChI=1S/C21H31N5O3S.HI/c1-7-22-21(24-12-16-9-10-17(23-11-16)29-13(3)4)26-15(6)19-25-14(5)18(30-19)20(27)28-8-2;/h9-11,13,15H,7-8,12H2,1-6H3,(H2,22,24,26);1H. The minimum absolute atomic E-state index is 0. The lowest BCUT2D eigenvalue weighted by Crippen LogP contribution is -2.38. The quantitative estimate of drug-likeness (QED) is 0.205. The molecule has 2 heterocycles. The van der Waals surface area contributed by atoms with Crippen LogP contribution in [0.25, 0.3) is 0 Å². The smallest absolute Gasteiger partial charge is 0.350 e. The van der Waals surface area contributed by atoms with Crippen molar-refractivity contribution in [3.05, 3.63) is 39.5 Å². The van der Waals surface area contributed by atoms with Gasteiger partial charge in [-0.15, -0.1) is 35.3 Å². The number of hydrogen-bond acceptors (Lipinski definition) is 7. The molecule has 0 spiro atoms. The second kappa shape index (κ2) is 13.5. The zero-order valence-corrected chi connectivity index (χ0v) is 22.0. The van der Waals surface area contributed by atoms with E-state index in [0.29, 0.717) is 35.6 Å². The van der Waals surface area contributed by atoms with E-state index in [9.17, 15) is 4.79 Å². The highest BCUT2D eigenvalue weighted by Gasteiger charge is 2.20. The average Bonchev–Trinajstić information content (AvgIpc) is 3.09. The molecule has 31 heavy (non-hydrogen) atoms. The first kappa shape index (κ1) is 27.1. The first-order valence-corrected chi connectivity index (χ1v) is 11.0. The van der Waals surface area contributed by atoms with Crippen LogP contribution in [0.4, 0.5) is 0 Å². The molecule has 0 fully saturated rings. The molecule has 1 atom stereocenters. The molecule has 10 heteroatoms. The van der Waals surface area contributed by atoms with E-state index in [1.165, 1.54) is 11.3 Å². The van der Waals surface area contributed by atoms with Crippen LogP contribution in [-0.4, -0.2) is 41.2 Å². The van der Waals surface area contributed by atoms with Gasteiger partial charge in [0, 0.05) is 18.8 Å². The lowest BCUT2D eigenvalue weighted by Gasteiger charge is -2.16. The highest BCUT2D eigenvalue weighted by molar-refractivity contribution is 14.0. The number of rotatable bonds is 9. The van der Waals surface area contributed by atoms with Crippen molar-refractivity contribution in [1.82, 2.24) is 20.6 Å². The molecular weight excluding hydrogens is 529 g/mol. The Labute approximate surface area is 205 Å². The van der Waals surface area contributed by atoms with E-state index in [1.54, 1.807) is 13.1 Å². The summed E-state index contributed by atoms with van der Waals surface area (Å²) in [5.74, 6) is 0.940. The molecule has 0 aliphatic heterocycles. The number of carbonyl (C=O) groups is 1. The molecule has 0 aromatic carbocycles. The average molecular weight is 561 g/mol. The summed E-state index contributed by atoms with van der Waals surface area (Å²) in [6, 6.07) is 3.69. The van der Waals surface area contributed by atoms with Crippen LogP contribution in [0.15, 0.2) is 23.3 Å². The molecule has 0 aliphatic carbocycles. The van der Waals surface area contributed by atoms with Gasteiger partial charge in [0.25, 0.3) is 0 Å². The number of halogens is 1. The highest BCUT2D eigenvalue weighted by Crippen LogP contribution is 2.24. The van der Waals surface area contributed by atoms with Gasteiger partial charge < -0.3 is 20.1 Å². The summed E-state index contributed by atoms with van der Waals surface area (Å²) in [4.78, 5) is 26.1. The molecule has 0 aliphatic rings. The Morgan fingerprint density at radius 1 is 1.26 bits per heavy atom. The number of aryl methyl sites for hydroxylation is 1. The van der Waals surface area contributed by atoms with Gasteiger partial charge in [-0.05, 0) is 47.1 Å². The Kier molecular flexibility index (Phi) is 11.8. The lowest BCUT2D eigenvalue weighted by atomic mass is 10.3. The van der Waals surface area contributed by atoms with Crippen molar-refractivity contribution in [3.8, 4) is 5.88 Å². The van der Waals surface area contributed by atoms with Gasteiger partial charge >= 0.3 is 5.97 Å². The maximum Gasteiger partial charge on any atom is 0.350 e. The van der Waals surface area contributed by atoms with Crippen molar-refractivity contribution in [2.75, 3.05) is 13.2 Å². The van der Waals surface area contributed by atoms with Crippen LogP contribution in [0, 0.1) is 6.92 Å². The lowest BCUT2D eigenvalue weighted by molar-refractivity contribution is 0.0531. The SMILES string of the molecule is CCNC(=NCc1ccc(OC(C)C)nc1)NC(C)c1nc(C)c(C(=O)OCC)s1.I. The molecule has 2 rings (SSSR count). The van der Waals surface area contributed by atoms with Gasteiger partial charge in [0.05, 0.1) is 31.0 Å². The predicted octanol–water partition coefficient (Wildman–Crippen LogP) is 4.24. The van der Waals surface area contributed by atoms with Gasteiger partial charge in [0.1, 0.15) is 9.88 Å². The van der Waals surface area contributed by atoms with Crippen LogP contribution in [0.3, 0.4) is 0 Å². The van der Waals surface area contributed by atoms with Gasteiger partial charge in [-0.3, -0.25) is 0 Å². The maximum atomic E-state index is 12.0. The third-order valence-electron chi connectivity index (χ3n) is 3.92. The number of thiazole rings is 1. The second-order valence-corrected chi connectivity index (χ2v) is 7.95. The number of aliphatic imine (C=N–C) groups is 1. The molecule has 8 nitrogen and oxygen atoms in total. The maximum absolute atomic E-state index is 12.0. The van der Waals surface area contributed by atoms with Gasteiger partial charge in [0.15, 0.2) is 5.96 Å². The molecule has 2 N–H and O–H groups in total. The Hall–Kier alpha value is -1.95. The number of guanidine groups is 1. The molecule has 0 saturated carbocycles. The number of nitrogens with zero attached hydrogens (tertiary/aromatic N) is 3. The fraction of sp³-hybridized carbons (Fsp3) is 0.524. The van der Waals surface area contributed by atoms with Gasteiger partial charge in [-0.25, -0.2) is 19.8 Å². The van der Waals surface area contributed by atoms with Crippen LogP contribution < -0.4 is 15.4 Å². The van der Waals surface area contributed by atoms with E-state index in [4.69, 9.17) is 9.47 Å². The monoisotopic (exact) mass is 561 g/mol. The largest absolute Gasteiger partial charge is 0.475 e. The molecule has 2 aromatic rings. The highest BCUT2D eigenvalue weighted by atomic mass is 127. The van der Waals surface area contributed by atoms with E-state index >= 15 is 0 Å². The predicted molar refractivity (Wildman–Crippen MR) is 135 cm³/mol. The molecule has 2 aromatic heterocycles. The first-order chi connectivity index (χ1) is 14.3. The topological polar surface area (TPSA) is 97.7 Å². The van der Waals surface area contributed by atoms with E-state index in [-0.39, 0.29) is 42.1 Å². The number of ether oxygens (including phenoxy) is 2. The molecule has 0 amide bonds.